The highest BCUT2D eigenvalue weighted by molar-refractivity contribution is 7.18. The third-order valence-electron chi connectivity index (χ3n) is 3.61. The van der Waals surface area contributed by atoms with Crippen molar-refractivity contribution in [3.63, 3.8) is 0 Å². The van der Waals surface area contributed by atoms with Crippen molar-refractivity contribution in [2.24, 2.45) is 0 Å². The van der Waals surface area contributed by atoms with Gasteiger partial charge in [0, 0.05) is 17.5 Å². The van der Waals surface area contributed by atoms with Crippen molar-refractivity contribution in [3.05, 3.63) is 34.7 Å². The molecule has 0 atom stereocenters. The summed E-state index contributed by atoms with van der Waals surface area (Å²) in [6, 6.07) is 7.80. The number of aryl methyl sites for hydroxylation is 2. The Balaban J connectivity index is 2.18. The monoisotopic (exact) mass is 299 g/mol. The smallest absolute Gasteiger partial charge is 0.163 e. The van der Waals surface area contributed by atoms with Crippen LogP contribution >= 0.6 is 11.3 Å². The van der Waals surface area contributed by atoms with E-state index >= 15 is 0 Å². The van der Waals surface area contributed by atoms with Crippen molar-refractivity contribution in [1.82, 2.24) is 9.97 Å². The first kappa shape index (κ1) is 13.8. The SMILES string of the molecule is CNc1nc(-c2ccc(OC)cc2)nc2sc(C)c(C)c12. The van der Waals surface area contributed by atoms with Gasteiger partial charge in [0.05, 0.1) is 12.5 Å². The molecule has 0 aliphatic heterocycles. The van der Waals surface area contributed by atoms with Gasteiger partial charge in [0.1, 0.15) is 16.4 Å². The Morgan fingerprint density at radius 2 is 1.81 bits per heavy atom. The molecule has 0 saturated heterocycles. The lowest BCUT2D eigenvalue weighted by atomic mass is 10.2. The number of hydrogen-bond donors (Lipinski definition) is 1. The first-order valence-corrected chi connectivity index (χ1v) is 7.55. The quantitative estimate of drug-likeness (QED) is 0.793. The molecule has 0 spiro atoms. The van der Waals surface area contributed by atoms with Crippen LogP contribution in [0.25, 0.3) is 21.6 Å². The molecule has 0 aliphatic rings. The molecule has 108 valence electrons. The Labute approximate surface area is 127 Å². The van der Waals surface area contributed by atoms with Crippen LogP contribution in [0.5, 0.6) is 5.75 Å². The van der Waals surface area contributed by atoms with E-state index in [9.17, 15) is 0 Å². The van der Waals surface area contributed by atoms with Crippen LogP contribution < -0.4 is 10.1 Å². The molecule has 0 fully saturated rings. The van der Waals surface area contributed by atoms with E-state index in [1.165, 1.54) is 10.4 Å². The van der Waals surface area contributed by atoms with E-state index < -0.39 is 0 Å². The lowest BCUT2D eigenvalue weighted by Gasteiger charge is -2.07. The number of fused-ring (bicyclic) bond motifs is 1. The summed E-state index contributed by atoms with van der Waals surface area (Å²) in [4.78, 5) is 11.7. The molecule has 21 heavy (non-hydrogen) atoms. The highest BCUT2D eigenvalue weighted by Crippen LogP contribution is 2.34. The second-order valence-corrected chi connectivity index (χ2v) is 6.04. The molecule has 0 saturated carbocycles. The second kappa shape index (κ2) is 5.33. The van der Waals surface area contributed by atoms with Crippen LogP contribution in [-0.4, -0.2) is 24.1 Å². The van der Waals surface area contributed by atoms with E-state index in [2.05, 4.69) is 24.1 Å². The van der Waals surface area contributed by atoms with Crippen molar-refractivity contribution >= 4 is 27.4 Å². The van der Waals surface area contributed by atoms with E-state index in [0.29, 0.717) is 0 Å². The van der Waals surface area contributed by atoms with Gasteiger partial charge in [-0.2, -0.15) is 0 Å². The van der Waals surface area contributed by atoms with Crippen LogP contribution in [0.3, 0.4) is 0 Å². The minimum atomic E-state index is 0.732. The highest BCUT2D eigenvalue weighted by Gasteiger charge is 2.14. The molecule has 0 unspecified atom stereocenters. The number of hydrogen-bond acceptors (Lipinski definition) is 5. The van der Waals surface area contributed by atoms with Gasteiger partial charge < -0.3 is 10.1 Å². The van der Waals surface area contributed by atoms with Gasteiger partial charge in [-0.25, -0.2) is 9.97 Å². The van der Waals surface area contributed by atoms with Gasteiger partial charge in [-0.3, -0.25) is 0 Å². The van der Waals surface area contributed by atoms with Crippen LogP contribution in [-0.2, 0) is 0 Å². The molecular formula is C16H17N3OS. The number of aromatic nitrogens is 2. The molecule has 0 bridgehead atoms. The highest BCUT2D eigenvalue weighted by atomic mass is 32.1. The largest absolute Gasteiger partial charge is 0.497 e. The van der Waals surface area contributed by atoms with Crippen LogP contribution in [0.15, 0.2) is 24.3 Å². The molecule has 5 heteroatoms. The van der Waals surface area contributed by atoms with Crippen molar-refractivity contribution in [2.45, 2.75) is 13.8 Å². The number of nitrogens with zero attached hydrogens (tertiary/aromatic N) is 2. The fourth-order valence-corrected chi connectivity index (χ4v) is 3.33. The zero-order chi connectivity index (χ0) is 15.0. The minimum absolute atomic E-state index is 0.732. The fraction of sp³-hybridized carbons (Fsp3) is 0.250. The molecule has 3 rings (SSSR count). The summed E-state index contributed by atoms with van der Waals surface area (Å²) in [6.07, 6.45) is 0. The summed E-state index contributed by atoms with van der Waals surface area (Å²) in [5.74, 6) is 2.44. The summed E-state index contributed by atoms with van der Waals surface area (Å²) in [5, 5.41) is 4.31. The molecule has 4 nitrogen and oxygen atoms in total. The van der Waals surface area contributed by atoms with Gasteiger partial charge in [-0.05, 0) is 43.7 Å². The minimum Gasteiger partial charge on any atom is -0.497 e. The predicted octanol–water partition coefficient (Wildman–Crippen LogP) is 4.03. The standard InChI is InChI=1S/C16H17N3OS/c1-9-10(2)21-16-13(9)15(17-3)18-14(19-16)11-5-7-12(20-4)8-6-11/h5-8H,1-4H3,(H,17,18,19). The van der Waals surface area contributed by atoms with Crippen molar-refractivity contribution in [3.8, 4) is 17.1 Å². The third-order valence-corrected chi connectivity index (χ3v) is 4.71. The lowest BCUT2D eigenvalue weighted by molar-refractivity contribution is 0.415. The van der Waals surface area contributed by atoms with Gasteiger partial charge in [0.15, 0.2) is 5.82 Å². The van der Waals surface area contributed by atoms with Crippen LogP contribution in [0.4, 0.5) is 5.82 Å². The third kappa shape index (κ3) is 2.34. The summed E-state index contributed by atoms with van der Waals surface area (Å²) in [7, 11) is 3.56. The van der Waals surface area contributed by atoms with E-state index in [1.807, 2.05) is 31.3 Å². The Hall–Kier alpha value is -2.14. The van der Waals surface area contributed by atoms with E-state index in [1.54, 1.807) is 18.4 Å². The Morgan fingerprint density at radius 3 is 2.43 bits per heavy atom. The molecule has 1 aromatic carbocycles. The average molecular weight is 299 g/mol. The predicted molar refractivity (Wildman–Crippen MR) is 88.4 cm³/mol. The molecule has 2 aromatic heterocycles. The van der Waals surface area contributed by atoms with E-state index in [0.717, 1.165) is 33.2 Å². The molecule has 0 aliphatic carbocycles. The second-order valence-electron chi connectivity index (χ2n) is 4.84. The summed E-state index contributed by atoms with van der Waals surface area (Å²) >= 11 is 1.71. The maximum atomic E-state index is 5.19. The maximum Gasteiger partial charge on any atom is 0.163 e. The maximum absolute atomic E-state index is 5.19. The van der Waals surface area contributed by atoms with E-state index in [-0.39, 0.29) is 0 Å². The first-order valence-electron chi connectivity index (χ1n) is 6.74. The number of methoxy groups -OCH3 is 1. The number of ether oxygens (including phenoxy) is 1. The Bertz CT molecular complexity index is 793. The Morgan fingerprint density at radius 1 is 1.10 bits per heavy atom. The average Bonchev–Trinajstić information content (AvgIpc) is 2.81. The summed E-state index contributed by atoms with van der Waals surface area (Å²) in [5.41, 5.74) is 2.23. The topological polar surface area (TPSA) is 47.0 Å². The normalized spacial score (nSPS) is 10.9. The first-order chi connectivity index (χ1) is 10.1. The van der Waals surface area contributed by atoms with Crippen LogP contribution in [0.1, 0.15) is 10.4 Å². The molecule has 0 amide bonds. The van der Waals surface area contributed by atoms with Gasteiger partial charge in [0.2, 0.25) is 0 Å². The zero-order valence-electron chi connectivity index (χ0n) is 12.5. The summed E-state index contributed by atoms with van der Waals surface area (Å²) in [6.45, 7) is 4.24. The van der Waals surface area contributed by atoms with Gasteiger partial charge >= 0.3 is 0 Å². The van der Waals surface area contributed by atoms with Crippen LogP contribution in [0.2, 0.25) is 0 Å². The Kier molecular flexibility index (Phi) is 3.51. The van der Waals surface area contributed by atoms with Crippen molar-refractivity contribution < 1.29 is 4.74 Å². The molecule has 1 N–H and O–H groups in total. The number of rotatable bonds is 3. The number of anilines is 1. The van der Waals surface area contributed by atoms with E-state index in [4.69, 9.17) is 9.72 Å². The summed E-state index contributed by atoms with van der Waals surface area (Å²) < 4.78 is 5.19. The number of benzene rings is 1. The van der Waals surface area contributed by atoms with Crippen molar-refractivity contribution in [1.29, 1.82) is 0 Å². The zero-order valence-corrected chi connectivity index (χ0v) is 13.3. The number of thiophene rings is 1. The van der Waals surface area contributed by atoms with Gasteiger partial charge in [-0.15, -0.1) is 11.3 Å². The van der Waals surface area contributed by atoms with Crippen molar-refractivity contribution in [2.75, 3.05) is 19.5 Å². The van der Waals surface area contributed by atoms with Gasteiger partial charge in [-0.1, -0.05) is 0 Å². The molecule has 2 heterocycles. The van der Waals surface area contributed by atoms with Crippen LogP contribution in [0, 0.1) is 13.8 Å². The number of nitrogens with one attached hydrogen (secondary N) is 1. The molecule has 3 aromatic rings. The fourth-order valence-electron chi connectivity index (χ4n) is 2.30. The molecular weight excluding hydrogens is 282 g/mol. The lowest BCUT2D eigenvalue weighted by Crippen LogP contribution is -1.98. The molecule has 0 radical (unpaired) electrons. The van der Waals surface area contributed by atoms with Gasteiger partial charge in [0.25, 0.3) is 0 Å².